The van der Waals surface area contributed by atoms with Crippen molar-refractivity contribution in [2.24, 2.45) is 5.92 Å². The number of hydrogen-bond donors (Lipinski definition) is 1. The van der Waals surface area contributed by atoms with Gasteiger partial charge in [0.25, 0.3) is 0 Å². The van der Waals surface area contributed by atoms with Crippen molar-refractivity contribution in [3.05, 3.63) is 0 Å². The van der Waals surface area contributed by atoms with Crippen molar-refractivity contribution in [2.75, 3.05) is 0 Å². The summed E-state index contributed by atoms with van der Waals surface area (Å²) < 4.78 is 0.915. The molecular weight excluding hydrogens is 255 g/mol. The van der Waals surface area contributed by atoms with Crippen LogP contribution in [0.2, 0.25) is 18.8 Å². The second-order valence-corrected chi connectivity index (χ2v) is 21.4. The van der Waals surface area contributed by atoms with Crippen LogP contribution in [0.4, 0.5) is 0 Å². The van der Waals surface area contributed by atoms with Crippen molar-refractivity contribution in [3.8, 4) is 0 Å². The van der Waals surface area contributed by atoms with Crippen molar-refractivity contribution in [1.82, 2.24) is 0 Å². The minimum atomic E-state index is -1.70. The van der Waals surface area contributed by atoms with E-state index in [0.29, 0.717) is 0 Å². The van der Waals surface area contributed by atoms with Crippen LogP contribution < -0.4 is 0 Å². The Labute approximate surface area is 80.4 Å². The molecule has 0 bridgehead atoms. The molecule has 0 aliphatic heterocycles. The van der Waals surface area contributed by atoms with Crippen LogP contribution in [-0.2, 0) is 0 Å². The maximum atomic E-state index is 9.65. The van der Waals surface area contributed by atoms with Gasteiger partial charge in [0, 0.05) is 0 Å². The summed E-state index contributed by atoms with van der Waals surface area (Å²) in [6, 6.07) is 0. The molecule has 1 saturated carbocycles. The Balaban J connectivity index is 2.55. The number of aliphatic hydroxyl groups is 1. The van der Waals surface area contributed by atoms with Gasteiger partial charge in [-0.15, -0.1) is 0 Å². The number of rotatable bonds is 1. The van der Waals surface area contributed by atoms with E-state index in [1.807, 2.05) is 0 Å². The van der Waals surface area contributed by atoms with Gasteiger partial charge in [-0.1, -0.05) is 0 Å². The second-order valence-electron chi connectivity index (χ2n) is 5.53. The minimum absolute atomic E-state index is 0.00896. The zero-order valence-electron chi connectivity index (χ0n) is 8.80. The molecular formula is C10H22OSn. The molecule has 0 heterocycles. The van der Waals surface area contributed by atoms with Crippen molar-refractivity contribution in [3.63, 3.8) is 0 Å². The first-order chi connectivity index (χ1) is 5.39. The third kappa shape index (κ3) is 2.91. The molecule has 1 N–H and O–H groups in total. The fraction of sp³-hybridized carbons (Fsp3) is 1.00. The van der Waals surface area contributed by atoms with E-state index in [2.05, 4.69) is 21.7 Å². The summed E-state index contributed by atoms with van der Waals surface area (Å²) in [6.07, 6.45) is 3.54. The summed E-state index contributed by atoms with van der Waals surface area (Å²) in [5.74, 6) is 0.759. The standard InChI is InChI=1S/C7H13O.3CH3.Sn/c1-6-3-2-4-7(8)5-6;;;;/h2,6-8H,3-5H2,1H3;3*1H3;/t6-,7-;;;;/m1..../s1. The second kappa shape index (κ2) is 3.87. The predicted molar refractivity (Wildman–Crippen MR) is 56.1 cm³/mol. The van der Waals surface area contributed by atoms with Crippen LogP contribution in [0.5, 0.6) is 0 Å². The van der Waals surface area contributed by atoms with E-state index in [1.54, 1.807) is 0 Å². The predicted octanol–water partition coefficient (Wildman–Crippen LogP) is 2.88. The molecule has 1 aliphatic rings. The van der Waals surface area contributed by atoms with Gasteiger partial charge < -0.3 is 0 Å². The summed E-state index contributed by atoms with van der Waals surface area (Å²) in [6.45, 7) is 2.28. The van der Waals surface area contributed by atoms with E-state index >= 15 is 0 Å². The first kappa shape index (κ1) is 10.8. The van der Waals surface area contributed by atoms with Crippen LogP contribution in [0.3, 0.4) is 0 Å². The molecule has 72 valence electrons. The van der Waals surface area contributed by atoms with E-state index in [0.717, 1.165) is 22.7 Å². The molecule has 0 amide bonds. The number of hydrogen-bond acceptors (Lipinski definition) is 1. The summed E-state index contributed by atoms with van der Waals surface area (Å²) in [5.41, 5.74) is 0. The fourth-order valence-corrected chi connectivity index (χ4v) is 8.24. The van der Waals surface area contributed by atoms with Gasteiger partial charge in [0.2, 0.25) is 0 Å². The van der Waals surface area contributed by atoms with Crippen LogP contribution in [-0.4, -0.2) is 29.6 Å². The van der Waals surface area contributed by atoms with Gasteiger partial charge in [0.05, 0.1) is 0 Å². The molecule has 1 rings (SSSR count). The van der Waals surface area contributed by atoms with Crippen LogP contribution in [0.25, 0.3) is 0 Å². The van der Waals surface area contributed by atoms with Crippen LogP contribution in [0.15, 0.2) is 0 Å². The van der Waals surface area contributed by atoms with Crippen LogP contribution in [0.1, 0.15) is 26.2 Å². The molecule has 0 aromatic carbocycles. The summed E-state index contributed by atoms with van der Waals surface area (Å²) in [7, 11) is 0. The topological polar surface area (TPSA) is 20.2 Å². The molecule has 1 nitrogen and oxygen atoms in total. The Morgan fingerprint density at radius 2 is 1.67 bits per heavy atom. The van der Waals surface area contributed by atoms with Gasteiger partial charge in [0.1, 0.15) is 0 Å². The normalized spacial score (nSPS) is 38.2. The molecule has 0 radical (unpaired) electrons. The monoisotopic (exact) mass is 278 g/mol. The van der Waals surface area contributed by atoms with E-state index < -0.39 is 18.4 Å². The van der Waals surface area contributed by atoms with Crippen molar-refractivity contribution >= 4 is 18.4 Å². The van der Waals surface area contributed by atoms with Crippen molar-refractivity contribution in [1.29, 1.82) is 0 Å². The zero-order chi connectivity index (χ0) is 9.35. The Kier molecular flexibility index (Phi) is 3.49. The third-order valence-electron chi connectivity index (χ3n) is 3.14. The molecule has 0 aromatic heterocycles. The summed E-state index contributed by atoms with van der Waals surface area (Å²) >= 11 is -1.70. The SMILES string of the molecule is C[C@H]1C[C@H](O)C[C@H]([Sn]([CH3])([CH3])[CH3])C1. The van der Waals surface area contributed by atoms with Crippen LogP contribution in [0, 0.1) is 5.92 Å². The van der Waals surface area contributed by atoms with Gasteiger partial charge in [-0.3, -0.25) is 0 Å². The van der Waals surface area contributed by atoms with Gasteiger partial charge in [-0.25, -0.2) is 0 Å². The summed E-state index contributed by atoms with van der Waals surface area (Å²) in [4.78, 5) is 7.47. The third-order valence-corrected chi connectivity index (χ3v) is 11.5. The Morgan fingerprint density at radius 3 is 2.08 bits per heavy atom. The van der Waals surface area contributed by atoms with Crippen molar-refractivity contribution in [2.45, 2.75) is 51.0 Å². The molecule has 0 spiro atoms. The molecule has 0 saturated heterocycles. The van der Waals surface area contributed by atoms with Gasteiger partial charge in [-0.05, 0) is 0 Å². The maximum absolute atomic E-state index is 9.65. The van der Waals surface area contributed by atoms with Gasteiger partial charge in [0.15, 0.2) is 0 Å². The molecule has 2 heteroatoms. The molecule has 12 heavy (non-hydrogen) atoms. The number of aliphatic hydroxyl groups excluding tert-OH is 1. The van der Waals surface area contributed by atoms with E-state index in [9.17, 15) is 5.11 Å². The first-order valence-corrected chi connectivity index (χ1v) is 15.3. The molecule has 1 aliphatic carbocycles. The zero-order valence-corrected chi connectivity index (χ0v) is 11.7. The van der Waals surface area contributed by atoms with Gasteiger partial charge in [-0.2, -0.15) is 0 Å². The quantitative estimate of drug-likeness (QED) is 0.731. The fourth-order valence-electron chi connectivity index (χ4n) is 2.27. The average Bonchev–Trinajstić information content (AvgIpc) is 1.82. The van der Waals surface area contributed by atoms with Crippen molar-refractivity contribution < 1.29 is 5.11 Å². The summed E-state index contributed by atoms with van der Waals surface area (Å²) in [5, 5.41) is 9.65. The van der Waals surface area contributed by atoms with Crippen LogP contribution >= 0.6 is 0 Å². The van der Waals surface area contributed by atoms with Gasteiger partial charge >= 0.3 is 80.4 Å². The van der Waals surface area contributed by atoms with E-state index in [4.69, 9.17) is 0 Å². The first-order valence-electron chi connectivity index (χ1n) is 5.07. The van der Waals surface area contributed by atoms with E-state index in [-0.39, 0.29) is 6.10 Å². The average molecular weight is 277 g/mol. The molecule has 3 atom stereocenters. The Bertz CT molecular complexity index is 140. The molecule has 0 unspecified atom stereocenters. The molecule has 1 fully saturated rings. The Morgan fingerprint density at radius 1 is 1.08 bits per heavy atom. The Hall–Kier alpha value is 0.759. The molecule has 0 aromatic rings. The van der Waals surface area contributed by atoms with E-state index in [1.165, 1.54) is 6.42 Å².